The molecule has 43 heavy (non-hydrogen) atoms. The summed E-state index contributed by atoms with van der Waals surface area (Å²) in [6, 6.07) is 17.7. The zero-order valence-electron chi connectivity index (χ0n) is 22.9. The molecule has 2 aliphatic rings. The molecule has 12 heteroatoms. The van der Waals surface area contributed by atoms with Gasteiger partial charge in [0.25, 0.3) is 0 Å². The number of halogens is 4. The molecule has 4 bridgehead atoms. The largest absolute Gasteiger partial charge is 0.416 e. The number of anilines is 3. The third-order valence-electron chi connectivity index (χ3n) is 7.53. The number of nitrogens with zero attached hydrogens (tertiary/aromatic N) is 2. The molecule has 1 amide bonds. The molecule has 4 aromatic rings. The van der Waals surface area contributed by atoms with Gasteiger partial charge in [-0.25, -0.2) is 9.37 Å². The molecule has 0 atom stereocenters. The highest BCUT2D eigenvalue weighted by molar-refractivity contribution is 7.97. The Hall–Kier alpha value is -4.16. The second kappa shape index (κ2) is 11.8. The van der Waals surface area contributed by atoms with Crippen LogP contribution in [0, 0.1) is 5.82 Å². The number of nitrogens with one attached hydrogen (secondary N) is 4. The van der Waals surface area contributed by atoms with Crippen molar-refractivity contribution in [2.45, 2.75) is 42.3 Å². The Bertz CT molecular complexity index is 1640. The van der Waals surface area contributed by atoms with Gasteiger partial charge >= 0.3 is 6.18 Å². The lowest BCUT2D eigenvalue weighted by atomic mass is 9.92. The molecular formula is C31H28F4N6OS. The Morgan fingerprint density at radius 2 is 1.84 bits per heavy atom. The van der Waals surface area contributed by atoms with E-state index in [4.69, 9.17) is 4.98 Å². The van der Waals surface area contributed by atoms with Crippen LogP contribution in [0.3, 0.4) is 0 Å². The average molecular weight is 609 g/mol. The smallest absolute Gasteiger partial charge is 0.369 e. The van der Waals surface area contributed by atoms with Crippen molar-refractivity contribution in [2.75, 3.05) is 23.7 Å². The fraction of sp³-hybridized carbons (Fsp3) is 0.258. The molecular weight excluding hydrogens is 580 g/mol. The summed E-state index contributed by atoms with van der Waals surface area (Å²) in [6.07, 6.45) is -1.41. The van der Waals surface area contributed by atoms with Crippen LogP contribution in [0.1, 0.15) is 36.0 Å². The second-order valence-corrected chi connectivity index (χ2v) is 11.5. The highest BCUT2D eigenvalue weighted by Crippen LogP contribution is 2.50. The lowest BCUT2D eigenvalue weighted by molar-refractivity contribution is -0.137. The van der Waals surface area contributed by atoms with Crippen LogP contribution in [0.15, 0.2) is 77.8 Å². The lowest BCUT2D eigenvalue weighted by Crippen LogP contribution is -2.35. The maximum absolute atomic E-state index is 14.5. The third-order valence-corrected chi connectivity index (χ3v) is 8.37. The maximum atomic E-state index is 14.5. The van der Waals surface area contributed by atoms with E-state index in [1.54, 1.807) is 18.1 Å². The van der Waals surface area contributed by atoms with E-state index in [1.165, 1.54) is 0 Å². The van der Waals surface area contributed by atoms with Crippen LogP contribution in [0.4, 0.5) is 35.0 Å². The summed E-state index contributed by atoms with van der Waals surface area (Å²) in [5, 5.41) is 9.46. The topological polar surface area (TPSA) is 91.0 Å². The van der Waals surface area contributed by atoms with Gasteiger partial charge in [0.05, 0.1) is 11.0 Å². The Morgan fingerprint density at radius 1 is 1.02 bits per heavy atom. The summed E-state index contributed by atoms with van der Waals surface area (Å²) >= 11 is 1.57. The number of alkyl halides is 3. The van der Waals surface area contributed by atoms with Gasteiger partial charge in [-0.2, -0.15) is 18.2 Å². The number of rotatable bonds is 5. The van der Waals surface area contributed by atoms with Gasteiger partial charge in [-0.05, 0) is 78.7 Å². The van der Waals surface area contributed by atoms with Gasteiger partial charge in [-0.3, -0.25) is 9.52 Å². The molecule has 4 N–H and O–H groups in total. The Labute approximate surface area is 250 Å². The van der Waals surface area contributed by atoms with Crippen LogP contribution in [-0.4, -0.2) is 29.0 Å². The van der Waals surface area contributed by atoms with Crippen molar-refractivity contribution in [2.24, 2.45) is 0 Å². The fourth-order valence-corrected chi connectivity index (χ4v) is 5.77. The molecule has 6 rings (SSSR count). The molecule has 3 aromatic carbocycles. The van der Waals surface area contributed by atoms with Crippen molar-refractivity contribution in [1.82, 2.24) is 20.0 Å². The van der Waals surface area contributed by atoms with Gasteiger partial charge in [0, 0.05) is 47.5 Å². The third kappa shape index (κ3) is 6.45. The average Bonchev–Trinajstić information content (AvgIpc) is 3.80. The lowest BCUT2D eigenvalue weighted by Gasteiger charge is -2.18. The summed E-state index contributed by atoms with van der Waals surface area (Å²) in [5.41, 5.74) is 0.875. The summed E-state index contributed by atoms with van der Waals surface area (Å²) in [6.45, 7) is 1.66. The van der Waals surface area contributed by atoms with Crippen LogP contribution in [-0.2, 0) is 22.9 Å². The number of aromatic nitrogens is 2. The van der Waals surface area contributed by atoms with Gasteiger partial charge < -0.3 is 16.0 Å². The number of benzene rings is 3. The van der Waals surface area contributed by atoms with E-state index in [2.05, 4.69) is 25.7 Å². The Balaban J connectivity index is 1.16. The van der Waals surface area contributed by atoms with Crippen LogP contribution in [0.5, 0.6) is 0 Å². The highest BCUT2D eigenvalue weighted by Gasteiger charge is 2.53. The van der Waals surface area contributed by atoms with Crippen molar-refractivity contribution in [1.29, 1.82) is 0 Å². The first-order valence-electron chi connectivity index (χ1n) is 13.8. The summed E-state index contributed by atoms with van der Waals surface area (Å²) in [5.74, 6) is -0.152. The summed E-state index contributed by atoms with van der Waals surface area (Å²) < 4.78 is 57.6. The number of fused-ring (bicyclic) bond motifs is 4. The first-order valence-corrected chi connectivity index (χ1v) is 14.7. The van der Waals surface area contributed by atoms with Crippen LogP contribution < -0.4 is 20.7 Å². The predicted octanol–water partition coefficient (Wildman–Crippen LogP) is 6.81. The molecule has 1 saturated carbocycles. The zero-order valence-corrected chi connectivity index (χ0v) is 23.7. The first-order chi connectivity index (χ1) is 20.7. The number of carbonyl (C=O) groups is 1. The molecule has 1 aliphatic heterocycles. The normalized spacial score (nSPS) is 16.0. The molecule has 0 unspecified atom stereocenters. The Morgan fingerprint density at radius 3 is 2.60 bits per heavy atom. The van der Waals surface area contributed by atoms with Crippen molar-refractivity contribution in [3.63, 3.8) is 0 Å². The van der Waals surface area contributed by atoms with E-state index in [1.807, 2.05) is 48.5 Å². The summed E-state index contributed by atoms with van der Waals surface area (Å²) in [7, 11) is 0. The number of hydrogen-bond acceptors (Lipinski definition) is 7. The van der Waals surface area contributed by atoms with Gasteiger partial charge in [0.1, 0.15) is 11.6 Å². The fourth-order valence-electron chi connectivity index (χ4n) is 5.02. The second-order valence-electron chi connectivity index (χ2n) is 10.5. The SMILES string of the molecule is O=C(NCc1ccc(-c2cnc3nc2NCCCNSc2cccc(c2)N3)cc1)C1(c2cc(C(F)(F)F)ccc2F)CC1. The minimum absolute atomic E-state index is 0.149. The van der Waals surface area contributed by atoms with E-state index in [0.717, 1.165) is 52.4 Å². The minimum atomic E-state index is -4.62. The Kier molecular flexibility index (Phi) is 7.97. The van der Waals surface area contributed by atoms with Crippen molar-refractivity contribution in [3.8, 4) is 11.1 Å². The number of carbonyl (C=O) groups excluding carboxylic acids is 1. The maximum Gasteiger partial charge on any atom is 0.416 e. The van der Waals surface area contributed by atoms with E-state index < -0.39 is 28.9 Å². The van der Waals surface area contributed by atoms with Crippen molar-refractivity contribution >= 4 is 35.3 Å². The number of hydrogen-bond donors (Lipinski definition) is 4. The molecule has 222 valence electrons. The zero-order chi connectivity index (χ0) is 30.0. The molecule has 1 aromatic heterocycles. The van der Waals surface area contributed by atoms with E-state index in [0.29, 0.717) is 24.4 Å². The standard InChI is InChI=1S/C31H28F4N6OS/c32-26-10-9-21(31(33,34)35)15-25(26)30(11-12-30)28(42)37-17-19-5-7-20(8-6-19)24-18-38-29-40-22-3-1-4-23(16-22)43-39-14-2-13-36-27(24)41-29/h1,3-10,15-16,18,39H,2,11-14,17H2,(H,37,42)(H2,36,38,40,41). The minimum Gasteiger partial charge on any atom is -0.369 e. The predicted molar refractivity (Wildman–Crippen MR) is 158 cm³/mol. The molecule has 1 fully saturated rings. The van der Waals surface area contributed by atoms with E-state index in [-0.39, 0.29) is 24.9 Å². The molecule has 0 radical (unpaired) electrons. The van der Waals surface area contributed by atoms with Crippen LogP contribution in [0.25, 0.3) is 11.1 Å². The van der Waals surface area contributed by atoms with E-state index >= 15 is 0 Å². The van der Waals surface area contributed by atoms with Crippen LogP contribution >= 0.6 is 11.9 Å². The van der Waals surface area contributed by atoms with Gasteiger partial charge in [-0.1, -0.05) is 30.3 Å². The van der Waals surface area contributed by atoms with Gasteiger partial charge in [0.15, 0.2) is 0 Å². The quantitative estimate of drug-likeness (QED) is 0.146. The molecule has 0 spiro atoms. The monoisotopic (exact) mass is 608 g/mol. The van der Waals surface area contributed by atoms with Gasteiger partial charge in [-0.15, -0.1) is 0 Å². The van der Waals surface area contributed by atoms with E-state index in [9.17, 15) is 22.4 Å². The highest BCUT2D eigenvalue weighted by atomic mass is 32.2. The molecule has 0 saturated heterocycles. The van der Waals surface area contributed by atoms with Crippen molar-refractivity contribution in [3.05, 3.63) is 95.4 Å². The first kappa shape index (κ1) is 28.9. The molecule has 2 heterocycles. The summed E-state index contributed by atoms with van der Waals surface area (Å²) in [4.78, 5) is 23.4. The molecule has 1 aliphatic carbocycles. The molecule has 7 nitrogen and oxygen atoms in total. The van der Waals surface area contributed by atoms with Gasteiger partial charge in [0.2, 0.25) is 11.9 Å². The van der Waals surface area contributed by atoms with Crippen LogP contribution in [0.2, 0.25) is 0 Å². The number of amides is 1. The van der Waals surface area contributed by atoms with Crippen molar-refractivity contribution < 1.29 is 22.4 Å².